The van der Waals surface area contributed by atoms with E-state index in [1.807, 2.05) is 56.5 Å². The lowest BCUT2D eigenvalue weighted by molar-refractivity contribution is 0.102. The number of ether oxygens (including phenoxy) is 2. The zero-order valence-corrected chi connectivity index (χ0v) is 19.1. The van der Waals surface area contributed by atoms with Crippen LogP contribution in [0.5, 0.6) is 11.5 Å². The van der Waals surface area contributed by atoms with Crippen LogP contribution in [0.3, 0.4) is 0 Å². The minimum absolute atomic E-state index is 0.0769. The van der Waals surface area contributed by atoms with Crippen LogP contribution in [0.1, 0.15) is 29.9 Å². The lowest BCUT2D eigenvalue weighted by Gasteiger charge is -2.10. The number of carbonyl (C=O) groups excluding carboxylic acids is 1. The minimum atomic E-state index is -0.228. The van der Waals surface area contributed by atoms with Crippen LogP contribution in [0, 0.1) is 6.92 Å². The molecular formula is C24H24N4O3S. The van der Waals surface area contributed by atoms with E-state index in [0.29, 0.717) is 16.5 Å². The number of nitrogens with one attached hydrogen (secondary N) is 1. The molecule has 4 rings (SSSR count). The van der Waals surface area contributed by atoms with Crippen LogP contribution < -0.4 is 14.8 Å². The molecule has 2 aromatic carbocycles. The summed E-state index contributed by atoms with van der Waals surface area (Å²) in [6, 6.07) is 16.6. The Balaban J connectivity index is 1.54. The predicted molar refractivity (Wildman–Crippen MR) is 126 cm³/mol. The first kappa shape index (κ1) is 21.6. The highest BCUT2D eigenvalue weighted by Gasteiger charge is 2.16. The normalized spacial score (nSPS) is 10.9. The van der Waals surface area contributed by atoms with Crippen molar-refractivity contribution in [3.8, 4) is 27.9 Å². The van der Waals surface area contributed by atoms with Gasteiger partial charge in [-0.1, -0.05) is 0 Å². The summed E-state index contributed by atoms with van der Waals surface area (Å²) in [4.78, 5) is 17.5. The zero-order chi connectivity index (χ0) is 22.7. The van der Waals surface area contributed by atoms with E-state index >= 15 is 0 Å². The van der Waals surface area contributed by atoms with Gasteiger partial charge in [0.05, 0.1) is 24.6 Å². The molecule has 0 fully saturated rings. The molecular weight excluding hydrogens is 424 g/mol. The molecule has 0 aliphatic rings. The number of hydrogen-bond acceptors (Lipinski definition) is 6. The van der Waals surface area contributed by atoms with E-state index in [2.05, 4.69) is 10.4 Å². The highest BCUT2D eigenvalue weighted by Crippen LogP contribution is 2.28. The largest absolute Gasteiger partial charge is 0.497 e. The maximum Gasteiger partial charge on any atom is 0.256 e. The number of methoxy groups -OCH3 is 1. The van der Waals surface area contributed by atoms with Gasteiger partial charge in [-0.3, -0.25) is 4.79 Å². The Labute approximate surface area is 190 Å². The molecule has 0 unspecified atom stereocenters. The molecule has 8 heteroatoms. The number of aromatic nitrogens is 3. The van der Waals surface area contributed by atoms with E-state index in [-0.39, 0.29) is 12.0 Å². The average Bonchev–Trinajstić information content (AvgIpc) is 3.40. The number of carbonyl (C=O) groups is 1. The first-order chi connectivity index (χ1) is 15.4. The number of benzene rings is 2. The molecule has 0 aliphatic carbocycles. The van der Waals surface area contributed by atoms with Crippen LogP contribution in [-0.4, -0.2) is 33.9 Å². The van der Waals surface area contributed by atoms with Crippen molar-refractivity contribution in [2.75, 3.05) is 12.4 Å². The zero-order valence-electron chi connectivity index (χ0n) is 18.3. The van der Waals surface area contributed by atoms with Crippen LogP contribution in [0.25, 0.3) is 16.4 Å². The number of amides is 1. The molecule has 0 saturated carbocycles. The smallest absolute Gasteiger partial charge is 0.256 e. The maximum absolute atomic E-state index is 12.8. The highest BCUT2D eigenvalue weighted by molar-refractivity contribution is 7.12. The molecule has 0 spiro atoms. The molecule has 7 nitrogen and oxygen atoms in total. The summed E-state index contributed by atoms with van der Waals surface area (Å²) >= 11 is 1.46. The third-order valence-corrected chi connectivity index (χ3v) is 5.44. The van der Waals surface area contributed by atoms with E-state index in [1.54, 1.807) is 36.1 Å². The molecule has 2 aromatic heterocycles. The summed E-state index contributed by atoms with van der Waals surface area (Å²) in [6.45, 7) is 5.80. The standard InChI is InChI=1S/C24H24N4O3S/c1-15(2)31-20-11-7-18(8-12-20)23(29)26-22-13-16(3)27-28(22)24-25-21(14-32-24)17-5-9-19(30-4)10-6-17/h5-15H,1-4H3,(H,26,29). The Morgan fingerprint density at radius 1 is 1.06 bits per heavy atom. The number of thiazole rings is 1. The Hall–Kier alpha value is -3.65. The summed E-state index contributed by atoms with van der Waals surface area (Å²) in [6.07, 6.45) is 0.0769. The fourth-order valence-corrected chi connectivity index (χ4v) is 3.93. The van der Waals surface area contributed by atoms with Crippen molar-refractivity contribution in [3.63, 3.8) is 0 Å². The van der Waals surface area contributed by atoms with Gasteiger partial charge in [0.15, 0.2) is 0 Å². The van der Waals surface area contributed by atoms with Gasteiger partial charge < -0.3 is 14.8 Å². The van der Waals surface area contributed by atoms with Gasteiger partial charge in [0.2, 0.25) is 5.13 Å². The van der Waals surface area contributed by atoms with Gasteiger partial charge >= 0.3 is 0 Å². The van der Waals surface area contributed by atoms with E-state index in [9.17, 15) is 4.79 Å². The van der Waals surface area contributed by atoms with Crippen molar-refractivity contribution in [1.82, 2.24) is 14.8 Å². The maximum atomic E-state index is 12.8. The first-order valence-corrected chi connectivity index (χ1v) is 11.1. The fourth-order valence-electron chi connectivity index (χ4n) is 3.14. The average molecular weight is 449 g/mol. The topological polar surface area (TPSA) is 78.3 Å². The number of anilines is 1. The second-order valence-corrected chi connectivity index (χ2v) is 8.31. The van der Waals surface area contributed by atoms with Crippen molar-refractivity contribution >= 4 is 23.1 Å². The van der Waals surface area contributed by atoms with Crippen molar-refractivity contribution in [2.45, 2.75) is 26.9 Å². The Kier molecular flexibility index (Phi) is 6.23. The fraction of sp³-hybridized carbons (Fsp3) is 0.208. The third kappa shape index (κ3) is 4.81. The molecule has 0 saturated heterocycles. The second-order valence-electron chi connectivity index (χ2n) is 7.47. The molecule has 0 bridgehead atoms. The quantitative estimate of drug-likeness (QED) is 0.412. The van der Waals surface area contributed by atoms with Gasteiger partial charge in [-0.05, 0) is 69.3 Å². The molecule has 0 atom stereocenters. The summed E-state index contributed by atoms with van der Waals surface area (Å²) in [7, 11) is 1.64. The van der Waals surface area contributed by atoms with Gasteiger partial charge in [0.25, 0.3) is 5.91 Å². The van der Waals surface area contributed by atoms with E-state index < -0.39 is 0 Å². The van der Waals surface area contributed by atoms with Crippen molar-refractivity contribution in [3.05, 3.63) is 71.2 Å². The van der Waals surface area contributed by atoms with Gasteiger partial charge in [-0.25, -0.2) is 4.98 Å². The van der Waals surface area contributed by atoms with Gasteiger partial charge in [0, 0.05) is 22.6 Å². The summed E-state index contributed by atoms with van der Waals surface area (Å²) in [5.41, 5.74) is 3.12. The van der Waals surface area contributed by atoms with E-state index in [4.69, 9.17) is 14.5 Å². The predicted octanol–water partition coefficient (Wildman–Crippen LogP) is 5.35. The van der Waals surface area contributed by atoms with Gasteiger partial charge in [0.1, 0.15) is 17.3 Å². The molecule has 164 valence electrons. The Bertz CT molecular complexity index is 1210. The molecule has 4 aromatic rings. The summed E-state index contributed by atoms with van der Waals surface area (Å²) in [5, 5.41) is 10.1. The monoisotopic (exact) mass is 448 g/mol. The van der Waals surface area contributed by atoms with Crippen molar-refractivity contribution in [1.29, 1.82) is 0 Å². The SMILES string of the molecule is COc1ccc(-c2csc(-n3nc(C)cc3NC(=O)c3ccc(OC(C)C)cc3)n2)cc1. The molecule has 0 radical (unpaired) electrons. The first-order valence-electron chi connectivity index (χ1n) is 10.2. The van der Waals surface area contributed by atoms with E-state index in [0.717, 1.165) is 28.5 Å². The lowest BCUT2D eigenvalue weighted by Crippen LogP contribution is -2.15. The van der Waals surface area contributed by atoms with Crippen LogP contribution in [-0.2, 0) is 0 Å². The van der Waals surface area contributed by atoms with E-state index in [1.165, 1.54) is 11.3 Å². The minimum Gasteiger partial charge on any atom is -0.497 e. The summed E-state index contributed by atoms with van der Waals surface area (Å²) < 4.78 is 12.5. The number of rotatable bonds is 7. The van der Waals surface area contributed by atoms with Crippen LogP contribution in [0.4, 0.5) is 5.82 Å². The number of hydrogen-bond donors (Lipinski definition) is 1. The molecule has 32 heavy (non-hydrogen) atoms. The lowest BCUT2D eigenvalue weighted by atomic mass is 10.2. The Morgan fingerprint density at radius 3 is 2.41 bits per heavy atom. The highest BCUT2D eigenvalue weighted by atomic mass is 32.1. The number of nitrogens with zero attached hydrogens (tertiary/aromatic N) is 3. The van der Waals surface area contributed by atoms with Gasteiger partial charge in [-0.2, -0.15) is 9.78 Å². The summed E-state index contributed by atoms with van der Waals surface area (Å²) in [5.74, 6) is 1.85. The van der Waals surface area contributed by atoms with Crippen molar-refractivity contribution in [2.24, 2.45) is 0 Å². The third-order valence-electron chi connectivity index (χ3n) is 4.62. The molecule has 1 amide bonds. The molecule has 2 heterocycles. The van der Waals surface area contributed by atoms with Crippen molar-refractivity contribution < 1.29 is 14.3 Å². The second kappa shape index (κ2) is 9.23. The van der Waals surface area contributed by atoms with Crippen LogP contribution >= 0.6 is 11.3 Å². The molecule has 1 N–H and O–H groups in total. The van der Waals surface area contributed by atoms with Crippen LogP contribution in [0.2, 0.25) is 0 Å². The van der Waals surface area contributed by atoms with Gasteiger partial charge in [-0.15, -0.1) is 11.3 Å². The Morgan fingerprint density at radius 2 is 1.75 bits per heavy atom. The number of aryl methyl sites for hydroxylation is 1. The molecule has 0 aliphatic heterocycles. The van der Waals surface area contributed by atoms with Crippen LogP contribution in [0.15, 0.2) is 60.0 Å².